The first-order chi connectivity index (χ1) is 10.1. The van der Waals surface area contributed by atoms with Gasteiger partial charge in [0.15, 0.2) is 0 Å². The standard InChI is InChI=1S/C17H21N3O.2ClH/c1-12-6-7-14(13-5-3-10-19-15(12)13)20-16(21)17(2)8-4-9-18-11-17;;/h3,5-7,10,18H,4,8-9,11H2,1-2H3,(H,20,21);2*1H. The van der Waals surface area contributed by atoms with E-state index in [-0.39, 0.29) is 36.1 Å². The van der Waals surface area contributed by atoms with E-state index in [9.17, 15) is 4.79 Å². The van der Waals surface area contributed by atoms with Gasteiger partial charge in [-0.05, 0) is 57.0 Å². The normalized spacial score (nSPS) is 20.3. The summed E-state index contributed by atoms with van der Waals surface area (Å²) in [7, 11) is 0. The van der Waals surface area contributed by atoms with Crippen molar-refractivity contribution in [1.29, 1.82) is 0 Å². The van der Waals surface area contributed by atoms with Crippen molar-refractivity contribution in [2.45, 2.75) is 26.7 Å². The van der Waals surface area contributed by atoms with Crippen LogP contribution in [0.15, 0.2) is 30.5 Å². The fourth-order valence-electron chi connectivity index (χ4n) is 2.95. The lowest BCUT2D eigenvalue weighted by atomic mass is 9.82. The van der Waals surface area contributed by atoms with Crippen LogP contribution < -0.4 is 10.6 Å². The predicted octanol–water partition coefficient (Wildman–Crippen LogP) is 3.72. The average molecular weight is 356 g/mol. The highest BCUT2D eigenvalue weighted by atomic mass is 35.5. The third kappa shape index (κ3) is 3.94. The van der Waals surface area contributed by atoms with Crippen LogP contribution in [-0.2, 0) is 4.79 Å². The molecule has 2 aromatic rings. The zero-order valence-corrected chi connectivity index (χ0v) is 15.0. The van der Waals surface area contributed by atoms with Gasteiger partial charge in [0.1, 0.15) is 0 Å². The Kier molecular flexibility index (Phi) is 6.81. The SMILES string of the molecule is Cc1ccc(NC(=O)C2(C)CCCNC2)c2cccnc12.Cl.Cl. The maximum absolute atomic E-state index is 12.6. The van der Waals surface area contributed by atoms with E-state index in [0.717, 1.165) is 48.1 Å². The molecule has 0 bridgehead atoms. The van der Waals surface area contributed by atoms with Crippen molar-refractivity contribution in [2.24, 2.45) is 5.41 Å². The molecule has 4 nitrogen and oxygen atoms in total. The van der Waals surface area contributed by atoms with E-state index in [4.69, 9.17) is 0 Å². The van der Waals surface area contributed by atoms with Crippen LogP contribution in [0, 0.1) is 12.3 Å². The summed E-state index contributed by atoms with van der Waals surface area (Å²) >= 11 is 0. The number of nitrogens with one attached hydrogen (secondary N) is 2. The summed E-state index contributed by atoms with van der Waals surface area (Å²) in [6.45, 7) is 5.80. The largest absolute Gasteiger partial charge is 0.325 e. The minimum atomic E-state index is -0.336. The molecule has 3 rings (SSSR count). The maximum atomic E-state index is 12.6. The molecule has 1 fully saturated rings. The van der Waals surface area contributed by atoms with E-state index in [1.54, 1.807) is 6.20 Å². The van der Waals surface area contributed by atoms with Gasteiger partial charge in [0, 0.05) is 18.1 Å². The molecule has 6 heteroatoms. The molecule has 2 N–H and O–H groups in total. The lowest BCUT2D eigenvalue weighted by molar-refractivity contribution is -0.125. The minimum Gasteiger partial charge on any atom is -0.325 e. The number of piperidine rings is 1. The van der Waals surface area contributed by atoms with Crippen LogP contribution in [0.5, 0.6) is 0 Å². The van der Waals surface area contributed by atoms with Gasteiger partial charge in [-0.2, -0.15) is 0 Å². The number of carbonyl (C=O) groups is 1. The molecule has 1 aliphatic rings. The van der Waals surface area contributed by atoms with E-state index in [1.165, 1.54) is 0 Å². The van der Waals surface area contributed by atoms with Gasteiger partial charge in [-0.15, -0.1) is 24.8 Å². The minimum absolute atomic E-state index is 0. The Balaban J connectivity index is 0.00000132. The summed E-state index contributed by atoms with van der Waals surface area (Å²) < 4.78 is 0. The summed E-state index contributed by atoms with van der Waals surface area (Å²) in [5.41, 5.74) is 2.58. The van der Waals surface area contributed by atoms with Gasteiger partial charge in [-0.25, -0.2) is 0 Å². The number of anilines is 1. The van der Waals surface area contributed by atoms with Crippen molar-refractivity contribution in [3.8, 4) is 0 Å². The second-order valence-electron chi connectivity index (χ2n) is 6.12. The summed E-state index contributed by atoms with van der Waals surface area (Å²) in [6.07, 6.45) is 3.75. The Bertz CT molecular complexity index is 685. The topological polar surface area (TPSA) is 54.0 Å². The van der Waals surface area contributed by atoms with Gasteiger partial charge in [-0.1, -0.05) is 6.07 Å². The number of hydrogen-bond acceptors (Lipinski definition) is 3. The highest BCUT2D eigenvalue weighted by Gasteiger charge is 2.34. The predicted molar refractivity (Wildman–Crippen MR) is 99.8 cm³/mol. The molecule has 2 heterocycles. The number of carbonyl (C=O) groups excluding carboxylic acids is 1. The number of amides is 1. The van der Waals surface area contributed by atoms with Crippen molar-refractivity contribution in [1.82, 2.24) is 10.3 Å². The molecular formula is C17H23Cl2N3O. The molecule has 1 amide bonds. The number of rotatable bonds is 2. The average Bonchev–Trinajstić information content (AvgIpc) is 2.51. The van der Waals surface area contributed by atoms with E-state index >= 15 is 0 Å². The molecule has 0 saturated carbocycles. The summed E-state index contributed by atoms with van der Waals surface area (Å²) in [5, 5.41) is 7.42. The Morgan fingerprint density at radius 2 is 2.09 bits per heavy atom. The van der Waals surface area contributed by atoms with Crippen LogP contribution in [-0.4, -0.2) is 24.0 Å². The highest BCUT2D eigenvalue weighted by Crippen LogP contribution is 2.30. The van der Waals surface area contributed by atoms with Gasteiger partial charge in [-0.3, -0.25) is 9.78 Å². The molecule has 0 radical (unpaired) electrons. The molecule has 0 aliphatic carbocycles. The monoisotopic (exact) mass is 355 g/mol. The molecule has 23 heavy (non-hydrogen) atoms. The fourth-order valence-corrected chi connectivity index (χ4v) is 2.95. The van der Waals surface area contributed by atoms with E-state index < -0.39 is 0 Å². The first kappa shape index (κ1) is 19.7. The molecular weight excluding hydrogens is 333 g/mol. The molecule has 1 saturated heterocycles. The number of pyridine rings is 1. The first-order valence-electron chi connectivity index (χ1n) is 7.47. The fraction of sp³-hybridized carbons (Fsp3) is 0.412. The zero-order chi connectivity index (χ0) is 14.9. The van der Waals surface area contributed by atoms with Gasteiger partial charge in [0.25, 0.3) is 0 Å². The first-order valence-corrected chi connectivity index (χ1v) is 7.47. The molecule has 1 aromatic heterocycles. The number of halogens is 2. The van der Waals surface area contributed by atoms with E-state index in [2.05, 4.69) is 15.6 Å². The van der Waals surface area contributed by atoms with Crippen molar-refractivity contribution < 1.29 is 4.79 Å². The van der Waals surface area contributed by atoms with Crippen LogP contribution in [0.25, 0.3) is 10.9 Å². The third-order valence-corrected chi connectivity index (χ3v) is 4.37. The molecule has 1 unspecified atom stereocenters. The number of fused-ring (bicyclic) bond motifs is 1. The van der Waals surface area contributed by atoms with Crippen LogP contribution in [0.3, 0.4) is 0 Å². The molecule has 126 valence electrons. The molecule has 1 atom stereocenters. The van der Waals surface area contributed by atoms with E-state index in [1.807, 2.05) is 38.1 Å². The lowest BCUT2D eigenvalue weighted by Gasteiger charge is -2.32. The van der Waals surface area contributed by atoms with Crippen LogP contribution >= 0.6 is 24.8 Å². The van der Waals surface area contributed by atoms with Crippen molar-refractivity contribution >= 4 is 47.3 Å². The second kappa shape index (κ2) is 7.95. The van der Waals surface area contributed by atoms with Gasteiger partial charge < -0.3 is 10.6 Å². The number of nitrogens with zero attached hydrogens (tertiary/aromatic N) is 1. The van der Waals surface area contributed by atoms with Crippen molar-refractivity contribution in [2.75, 3.05) is 18.4 Å². The lowest BCUT2D eigenvalue weighted by Crippen LogP contribution is -2.46. The number of hydrogen-bond donors (Lipinski definition) is 2. The van der Waals surface area contributed by atoms with Crippen LogP contribution in [0.4, 0.5) is 5.69 Å². The maximum Gasteiger partial charge on any atom is 0.231 e. The van der Waals surface area contributed by atoms with Crippen molar-refractivity contribution in [3.05, 3.63) is 36.0 Å². The Labute approximate surface area is 149 Å². The molecule has 0 spiro atoms. The van der Waals surface area contributed by atoms with Gasteiger partial charge in [0.2, 0.25) is 5.91 Å². The van der Waals surface area contributed by atoms with Crippen LogP contribution in [0.2, 0.25) is 0 Å². The van der Waals surface area contributed by atoms with E-state index in [0.29, 0.717) is 0 Å². The highest BCUT2D eigenvalue weighted by molar-refractivity contribution is 6.03. The quantitative estimate of drug-likeness (QED) is 0.862. The number of aryl methyl sites for hydroxylation is 1. The van der Waals surface area contributed by atoms with Crippen molar-refractivity contribution in [3.63, 3.8) is 0 Å². The summed E-state index contributed by atoms with van der Waals surface area (Å²) in [4.78, 5) is 17.1. The second-order valence-corrected chi connectivity index (χ2v) is 6.12. The van der Waals surface area contributed by atoms with Gasteiger partial charge >= 0.3 is 0 Å². The Hall–Kier alpha value is -1.36. The molecule has 1 aliphatic heterocycles. The third-order valence-electron chi connectivity index (χ3n) is 4.37. The zero-order valence-electron chi connectivity index (χ0n) is 13.4. The number of aromatic nitrogens is 1. The summed E-state index contributed by atoms with van der Waals surface area (Å²) in [6, 6.07) is 7.89. The number of benzene rings is 1. The molecule has 1 aromatic carbocycles. The Morgan fingerprint density at radius 3 is 2.78 bits per heavy atom. The summed E-state index contributed by atoms with van der Waals surface area (Å²) in [5.74, 6) is 0.0868. The Morgan fingerprint density at radius 1 is 1.30 bits per heavy atom. The van der Waals surface area contributed by atoms with Crippen LogP contribution in [0.1, 0.15) is 25.3 Å². The van der Waals surface area contributed by atoms with Gasteiger partial charge in [0.05, 0.1) is 16.6 Å². The smallest absolute Gasteiger partial charge is 0.231 e.